The van der Waals surface area contributed by atoms with E-state index < -0.39 is 0 Å². The maximum atomic E-state index is 5.80. The van der Waals surface area contributed by atoms with Crippen molar-refractivity contribution in [3.8, 4) is 0 Å². The van der Waals surface area contributed by atoms with Crippen molar-refractivity contribution in [2.45, 2.75) is 6.61 Å². The van der Waals surface area contributed by atoms with Crippen LogP contribution in [0.25, 0.3) is 10.9 Å². The van der Waals surface area contributed by atoms with Crippen molar-refractivity contribution < 1.29 is 4.74 Å². The minimum Gasteiger partial charge on any atom is -0.396 e. The van der Waals surface area contributed by atoms with Crippen LogP contribution >= 0.6 is 0 Å². The summed E-state index contributed by atoms with van der Waals surface area (Å²) in [7, 11) is 3.50. The highest BCUT2D eigenvalue weighted by Crippen LogP contribution is 2.22. The highest BCUT2D eigenvalue weighted by molar-refractivity contribution is 5.90. The van der Waals surface area contributed by atoms with Crippen LogP contribution in [0.3, 0.4) is 0 Å². The summed E-state index contributed by atoms with van der Waals surface area (Å²) < 4.78 is 6.80. The Balaban J connectivity index is 2.71. The van der Waals surface area contributed by atoms with Gasteiger partial charge in [-0.05, 0) is 0 Å². The zero-order chi connectivity index (χ0) is 10.1. The van der Waals surface area contributed by atoms with Crippen molar-refractivity contribution in [2.75, 3.05) is 12.8 Å². The standard InChI is InChI=1S/C9H12N4O/c1-13-9-6(3-11-4-7(9)10)8(12-13)5-14-2/h3-4H,5,10H2,1-2H3. The van der Waals surface area contributed by atoms with Crippen LogP contribution in [-0.2, 0) is 18.4 Å². The van der Waals surface area contributed by atoms with Crippen molar-refractivity contribution in [3.05, 3.63) is 18.1 Å². The number of hydrogen-bond acceptors (Lipinski definition) is 4. The molecular formula is C9H12N4O. The van der Waals surface area contributed by atoms with E-state index in [0.717, 1.165) is 16.6 Å². The van der Waals surface area contributed by atoms with Crippen LogP contribution in [0.1, 0.15) is 5.69 Å². The molecule has 0 aliphatic heterocycles. The highest BCUT2D eigenvalue weighted by Gasteiger charge is 2.10. The number of methoxy groups -OCH3 is 1. The number of nitrogens with two attached hydrogens (primary N) is 1. The Bertz CT molecular complexity index is 463. The lowest BCUT2D eigenvalue weighted by Gasteiger charge is -1.97. The van der Waals surface area contributed by atoms with Crippen LogP contribution in [0.5, 0.6) is 0 Å². The summed E-state index contributed by atoms with van der Waals surface area (Å²) in [6.45, 7) is 0.475. The molecule has 0 aliphatic rings. The molecule has 0 saturated heterocycles. The second kappa shape index (κ2) is 3.26. The molecule has 74 valence electrons. The first-order chi connectivity index (χ1) is 6.74. The molecule has 5 heteroatoms. The second-order valence-electron chi connectivity index (χ2n) is 3.13. The molecule has 5 nitrogen and oxygen atoms in total. The van der Waals surface area contributed by atoms with Gasteiger partial charge in [-0.15, -0.1) is 0 Å². The average molecular weight is 192 g/mol. The summed E-state index contributed by atoms with van der Waals surface area (Å²) in [5, 5.41) is 5.27. The summed E-state index contributed by atoms with van der Waals surface area (Å²) in [6, 6.07) is 0. The van der Waals surface area contributed by atoms with E-state index in [1.54, 1.807) is 24.2 Å². The highest BCUT2D eigenvalue weighted by atomic mass is 16.5. The van der Waals surface area contributed by atoms with E-state index in [9.17, 15) is 0 Å². The molecule has 2 aromatic heterocycles. The Morgan fingerprint density at radius 1 is 1.50 bits per heavy atom. The molecule has 0 atom stereocenters. The SMILES string of the molecule is COCc1nn(C)c2c(N)cncc12. The lowest BCUT2D eigenvalue weighted by molar-refractivity contribution is 0.182. The number of ether oxygens (including phenoxy) is 1. The first-order valence-corrected chi connectivity index (χ1v) is 4.28. The Kier molecular flexibility index (Phi) is 2.09. The van der Waals surface area contributed by atoms with Gasteiger partial charge in [0.25, 0.3) is 0 Å². The summed E-state index contributed by atoms with van der Waals surface area (Å²) in [6.07, 6.45) is 3.38. The minimum absolute atomic E-state index is 0.475. The van der Waals surface area contributed by atoms with Crippen molar-refractivity contribution in [1.29, 1.82) is 0 Å². The van der Waals surface area contributed by atoms with Gasteiger partial charge in [0, 0.05) is 25.7 Å². The quantitative estimate of drug-likeness (QED) is 0.760. The minimum atomic E-state index is 0.475. The molecule has 2 rings (SSSR count). The number of fused-ring (bicyclic) bond motifs is 1. The molecule has 0 aromatic carbocycles. The number of aryl methyl sites for hydroxylation is 1. The van der Waals surface area contributed by atoms with Gasteiger partial charge in [-0.1, -0.05) is 0 Å². The van der Waals surface area contributed by atoms with Gasteiger partial charge in [0.15, 0.2) is 0 Å². The van der Waals surface area contributed by atoms with Crippen LogP contribution < -0.4 is 5.73 Å². The van der Waals surface area contributed by atoms with Crippen molar-refractivity contribution in [2.24, 2.45) is 7.05 Å². The third-order valence-corrected chi connectivity index (χ3v) is 2.13. The summed E-state index contributed by atoms with van der Waals surface area (Å²) in [5.74, 6) is 0. The van der Waals surface area contributed by atoms with Gasteiger partial charge in [0.05, 0.1) is 29.7 Å². The number of nitrogens with zero attached hydrogens (tertiary/aromatic N) is 3. The summed E-state index contributed by atoms with van der Waals surface area (Å²) >= 11 is 0. The smallest absolute Gasteiger partial charge is 0.0976 e. The lowest BCUT2D eigenvalue weighted by atomic mass is 10.2. The maximum absolute atomic E-state index is 5.80. The third kappa shape index (κ3) is 1.22. The van der Waals surface area contributed by atoms with Gasteiger partial charge >= 0.3 is 0 Å². The molecule has 0 amide bonds. The second-order valence-corrected chi connectivity index (χ2v) is 3.13. The van der Waals surface area contributed by atoms with Crippen molar-refractivity contribution >= 4 is 16.6 Å². The Morgan fingerprint density at radius 2 is 2.29 bits per heavy atom. The van der Waals surface area contributed by atoms with Crippen molar-refractivity contribution in [1.82, 2.24) is 14.8 Å². The monoisotopic (exact) mass is 192 g/mol. The Hall–Kier alpha value is -1.62. The van der Waals surface area contributed by atoms with E-state index >= 15 is 0 Å². The summed E-state index contributed by atoms with van der Waals surface area (Å²) in [5.41, 5.74) is 8.22. The van der Waals surface area contributed by atoms with E-state index in [1.807, 2.05) is 7.05 Å². The first-order valence-electron chi connectivity index (χ1n) is 4.28. The fourth-order valence-corrected chi connectivity index (χ4v) is 1.57. The van der Waals surface area contributed by atoms with Gasteiger partial charge in [-0.25, -0.2) is 0 Å². The van der Waals surface area contributed by atoms with Gasteiger partial charge in [-0.2, -0.15) is 5.10 Å². The molecule has 2 aromatic rings. The Morgan fingerprint density at radius 3 is 3.00 bits per heavy atom. The predicted molar refractivity (Wildman–Crippen MR) is 53.6 cm³/mol. The molecule has 2 heterocycles. The zero-order valence-electron chi connectivity index (χ0n) is 8.19. The molecule has 0 saturated carbocycles. The molecule has 14 heavy (non-hydrogen) atoms. The van der Waals surface area contributed by atoms with E-state index in [-0.39, 0.29) is 0 Å². The number of aromatic nitrogens is 3. The predicted octanol–water partition coefficient (Wildman–Crippen LogP) is 0.697. The molecule has 0 unspecified atom stereocenters. The molecular weight excluding hydrogens is 180 g/mol. The molecule has 2 N–H and O–H groups in total. The first kappa shape index (κ1) is 8.96. The van der Waals surface area contributed by atoms with Crippen molar-refractivity contribution in [3.63, 3.8) is 0 Å². The topological polar surface area (TPSA) is 66.0 Å². The van der Waals surface area contributed by atoms with E-state index in [1.165, 1.54) is 0 Å². The average Bonchev–Trinajstić information content (AvgIpc) is 2.46. The number of pyridine rings is 1. The number of nitrogen functional groups attached to an aromatic ring is 1. The number of rotatable bonds is 2. The van der Waals surface area contributed by atoms with Crippen LogP contribution in [0, 0.1) is 0 Å². The zero-order valence-corrected chi connectivity index (χ0v) is 8.19. The lowest BCUT2D eigenvalue weighted by Crippen LogP contribution is -1.95. The number of anilines is 1. The van der Waals surface area contributed by atoms with E-state index in [4.69, 9.17) is 10.5 Å². The third-order valence-electron chi connectivity index (χ3n) is 2.13. The van der Waals surface area contributed by atoms with Crippen LogP contribution in [-0.4, -0.2) is 21.9 Å². The largest absolute Gasteiger partial charge is 0.396 e. The Labute approximate surface area is 81.5 Å². The summed E-state index contributed by atoms with van der Waals surface area (Å²) in [4.78, 5) is 4.03. The molecule has 0 spiro atoms. The van der Waals surface area contributed by atoms with Gasteiger partial charge in [0.1, 0.15) is 0 Å². The van der Waals surface area contributed by atoms with Gasteiger partial charge in [0.2, 0.25) is 0 Å². The van der Waals surface area contributed by atoms with E-state index in [2.05, 4.69) is 10.1 Å². The molecule has 0 aliphatic carbocycles. The molecule has 0 radical (unpaired) electrons. The fraction of sp³-hybridized carbons (Fsp3) is 0.333. The molecule has 0 fully saturated rings. The van der Waals surface area contributed by atoms with Crippen LogP contribution in [0.2, 0.25) is 0 Å². The van der Waals surface area contributed by atoms with Gasteiger partial charge in [-0.3, -0.25) is 9.67 Å². The van der Waals surface area contributed by atoms with E-state index in [0.29, 0.717) is 12.3 Å². The van der Waals surface area contributed by atoms with Crippen LogP contribution in [0.4, 0.5) is 5.69 Å². The fourth-order valence-electron chi connectivity index (χ4n) is 1.57. The van der Waals surface area contributed by atoms with Gasteiger partial charge < -0.3 is 10.5 Å². The normalized spacial score (nSPS) is 11.0. The maximum Gasteiger partial charge on any atom is 0.0976 e. The molecule has 0 bridgehead atoms. The van der Waals surface area contributed by atoms with Crippen LogP contribution in [0.15, 0.2) is 12.4 Å². The number of hydrogen-bond donors (Lipinski definition) is 1.